The zero-order valence-electron chi connectivity index (χ0n) is 17.0. The topological polar surface area (TPSA) is 140 Å². The molecule has 0 radical (unpaired) electrons. The SMILES string of the molecule is COc1ccc(C2(C)NC(=O)N(CC(=O)Nc3ccc([N+](=O)[O-])cc3)C2=O)cc1OC. The lowest BCUT2D eigenvalue weighted by Crippen LogP contribution is -2.42. The summed E-state index contributed by atoms with van der Waals surface area (Å²) in [6.07, 6.45) is 0. The number of ether oxygens (including phenoxy) is 2. The Morgan fingerprint density at radius 2 is 1.77 bits per heavy atom. The number of carbonyl (C=O) groups is 3. The van der Waals surface area contributed by atoms with Gasteiger partial charge in [-0.15, -0.1) is 0 Å². The van der Waals surface area contributed by atoms with Gasteiger partial charge in [0, 0.05) is 17.8 Å². The zero-order chi connectivity index (χ0) is 22.8. The number of imide groups is 1. The number of nitro groups is 1. The summed E-state index contributed by atoms with van der Waals surface area (Å²) >= 11 is 0. The van der Waals surface area contributed by atoms with Gasteiger partial charge in [0.2, 0.25) is 5.91 Å². The van der Waals surface area contributed by atoms with Crippen LogP contribution < -0.4 is 20.1 Å². The normalized spacial score (nSPS) is 17.8. The number of nitrogens with one attached hydrogen (secondary N) is 2. The van der Waals surface area contributed by atoms with Gasteiger partial charge in [0.05, 0.1) is 19.1 Å². The highest BCUT2D eigenvalue weighted by molar-refractivity contribution is 6.10. The molecule has 2 aromatic carbocycles. The zero-order valence-corrected chi connectivity index (χ0v) is 17.0. The third-order valence-electron chi connectivity index (χ3n) is 4.90. The highest BCUT2D eigenvalue weighted by atomic mass is 16.6. The summed E-state index contributed by atoms with van der Waals surface area (Å²) in [5.41, 5.74) is -0.769. The number of hydrogen-bond donors (Lipinski definition) is 2. The monoisotopic (exact) mass is 428 g/mol. The van der Waals surface area contributed by atoms with E-state index in [1.54, 1.807) is 18.2 Å². The number of non-ortho nitro benzene ring substituents is 1. The molecule has 3 rings (SSSR count). The van der Waals surface area contributed by atoms with Gasteiger partial charge in [0.1, 0.15) is 12.1 Å². The number of benzene rings is 2. The molecule has 0 saturated carbocycles. The van der Waals surface area contributed by atoms with Crippen LogP contribution in [0, 0.1) is 10.1 Å². The highest BCUT2D eigenvalue weighted by Gasteiger charge is 2.49. The van der Waals surface area contributed by atoms with E-state index in [2.05, 4.69) is 10.6 Å². The van der Waals surface area contributed by atoms with Crippen LogP contribution in [0.15, 0.2) is 42.5 Å². The standard InChI is InChI=1S/C20H20N4O7/c1-20(12-4-9-15(30-2)16(10-12)31-3)18(26)23(19(27)22-20)11-17(25)21-13-5-7-14(8-6-13)24(28)29/h4-10H,11H2,1-3H3,(H,21,25)(H,22,27). The Bertz CT molecular complexity index is 1050. The molecule has 31 heavy (non-hydrogen) atoms. The summed E-state index contributed by atoms with van der Waals surface area (Å²) in [5.74, 6) is -0.388. The number of anilines is 1. The molecule has 1 unspecified atom stereocenters. The van der Waals surface area contributed by atoms with Crippen LogP contribution in [0.2, 0.25) is 0 Å². The maximum absolute atomic E-state index is 13.0. The summed E-state index contributed by atoms with van der Waals surface area (Å²) < 4.78 is 10.4. The first-order chi connectivity index (χ1) is 14.7. The van der Waals surface area contributed by atoms with E-state index in [0.717, 1.165) is 4.90 Å². The average Bonchev–Trinajstić information content (AvgIpc) is 2.97. The van der Waals surface area contributed by atoms with E-state index in [4.69, 9.17) is 9.47 Å². The molecule has 0 aromatic heterocycles. The van der Waals surface area contributed by atoms with Gasteiger partial charge in [0.15, 0.2) is 11.5 Å². The van der Waals surface area contributed by atoms with E-state index in [1.807, 2.05) is 0 Å². The molecule has 2 aromatic rings. The van der Waals surface area contributed by atoms with Crippen molar-refractivity contribution in [2.75, 3.05) is 26.1 Å². The van der Waals surface area contributed by atoms with Gasteiger partial charge < -0.3 is 20.1 Å². The third-order valence-corrected chi connectivity index (χ3v) is 4.90. The van der Waals surface area contributed by atoms with Crippen molar-refractivity contribution in [3.63, 3.8) is 0 Å². The minimum absolute atomic E-state index is 0.127. The molecule has 1 atom stereocenters. The maximum atomic E-state index is 13.0. The predicted octanol–water partition coefficient (Wildman–Crippen LogP) is 2.02. The molecule has 1 aliphatic rings. The van der Waals surface area contributed by atoms with Crippen LogP contribution in [0.4, 0.5) is 16.2 Å². The average molecular weight is 428 g/mol. The fourth-order valence-corrected chi connectivity index (χ4v) is 3.19. The number of rotatable bonds is 7. The summed E-state index contributed by atoms with van der Waals surface area (Å²) in [6, 6.07) is 9.28. The van der Waals surface area contributed by atoms with Crippen LogP contribution in [0.1, 0.15) is 12.5 Å². The van der Waals surface area contributed by atoms with Gasteiger partial charge in [-0.25, -0.2) is 4.79 Å². The molecule has 11 nitrogen and oxygen atoms in total. The Morgan fingerprint density at radius 1 is 1.13 bits per heavy atom. The molecule has 0 aliphatic carbocycles. The van der Waals surface area contributed by atoms with Gasteiger partial charge >= 0.3 is 6.03 Å². The second-order valence-corrected chi connectivity index (χ2v) is 6.87. The molecule has 1 fully saturated rings. The molecule has 1 heterocycles. The van der Waals surface area contributed by atoms with Crippen LogP contribution in [-0.2, 0) is 15.1 Å². The van der Waals surface area contributed by atoms with Crippen molar-refractivity contribution in [1.82, 2.24) is 10.2 Å². The number of nitrogens with zero attached hydrogens (tertiary/aromatic N) is 2. The molecular formula is C20H20N4O7. The van der Waals surface area contributed by atoms with Gasteiger partial charge in [-0.2, -0.15) is 0 Å². The van der Waals surface area contributed by atoms with Crippen LogP contribution >= 0.6 is 0 Å². The first-order valence-corrected chi connectivity index (χ1v) is 9.10. The van der Waals surface area contributed by atoms with Crippen LogP contribution in [0.5, 0.6) is 11.5 Å². The van der Waals surface area contributed by atoms with Crippen molar-refractivity contribution in [1.29, 1.82) is 0 Å². The number of amides is 4. The number of nitro benzene ring substituents is 1. The molecule has 4 amide bonds. The number of carbonyl (C=O) groups excluding carboxylic acids is 3. The number of hydrogen-bond acceptors (Lipinski definition) is 7. The Balaban J connectivity index is 1.75. The fourth-order valence-electron chi connectivity index (χ4n) is 3.19. The summed E-state index contributed by atoms with van der Waals surface area (Å²) in [7, 11) is 2.93. The van der Waals surface area contributed by atoms with Crippen LogP contribution in [0.25, 0.3) is 0 Å². The van der Waals surface area contributed by atoms with Crippen molar-refractivity contribution < 1.29 is 28.8 Å². The quantitative estimate of drug-likeness (QED) is 0.390. The van der Waals surface area contributed by atoms with Gasteiger partial charge in [-0.1, -0.05) is 6.07 Å². The minimum Gasteiger partial charge on any atom is -0.493 e. The van der Waals surface area contributed by atoms with Gasteiger partial charge in [0.25, 0.3) is 11.6 Å². The molecule has 2 N–H and O–H groups in total. The van der Waals surface area contributed by atoms with Gasteiger partial charge in [-0.05, 0) is 36.8 Å². The van der Waals surface area contributed by atoms with Crippen LogP contribution in [-0.4, -0.2) is 48.4 Å². The summed E-state index contributed by atoms with van der Waals surface area (Å²) in [4.78, 5) is 48.8. The Hall–Kier alpha value is -4.15. The third kappa shape index (κ3) is 4.10. The van der Waals surface area contributed by atoms with E-state index in [1.165, 1.54) is 45.4 Å². The van der Waals surface area contributed by atoms with Gasteiger partial charge in [-0.3, -0.25) is 24.6 Å². The predicted molar refractivity (Wildman–Crippen MR) is 109 cm³/mol. The minimum atomic E-state index is -1.40. The molecule has 0 spiro atoms. The van der Waals surface area contributed by atoms with E-state index in [0.29, 0.717) is 22.7 Å². The largest absolute Gasteiger partial charge is 0.493 e. The second kappa shape index (κ2) is 8.30. The van der Waals surface area contributed by atoms with Crippen molar-refractivity contribution in [2.45, 2.75) is 12.5 Å². The first-order valence-electron chi connectivity index (χ1n) is 9.10. The molecule has 0 bridgehead atoms. The Kier molecular flexibility index (Phi) is 5.77. The lowest BCUT2D eigenvalue weighted by molar-refractivity contribution is -0.384. The first kappa shape index (κ1) is 21.6. The summed E-state index contributed by atoms with van der Waals surface area (Å²) in [6.45, 7) is 1.01. The molecule has 162 valence electrons. The lowest BCUT2D eigenvalue weighted by atomic mass is 9.91. The maximum Gasteiger partial charge on any atom is 0.325 e. The van der Waals surface area contributed by atoms with Crippen LogP contribution in [0.3, 0.4) is 0 Å². The van der Waals surface area contributed by atoms with E-state index < -0.39 is 34.9 Å². The lowest BCUT2D eigenvalue weighted by Gasteiger charge is -2.23. The molecule has 1 aliphatic heterocycles. The van der Waals surface area contributed by atoms with E-state index in [-0.39, 0.29) is 5.69 Å². The number of urea groups is 1. The second-order valence-electron chi connectivity index (χ2n) is 6.87. The smallest absolute Gasteiger partial charge is 0.325 e. The molecule has 1 saturated heterocycles. The Morgan fingerprint density at radius 3 is 2.35 bits per heavy atom. The molecular weight excluding hydrogens is 408 g/mol. The Labute approximate surface area is 177 Å². The van der Waals surface area contributed by atoms with E-state index in [9.17, 15) is 24.5 Å². The van der Waals surface area contributed by atoms with Crippen molar-refractivity contribution >= 4 is 29.2 Å². The highest BCUT2D eigenvalue weighted by Crippen LogP contribution is 2.35. The summed E-state index contributed by atoms with van der Waals surface area (Å²) in [5, 5.41) is 15.8. The van der Waals surface area contributed by atoms with Crippen molar-refractivity contribution in [3.05, 3.63) is 58.1 Å². The number of methoxy groups -OCH3 is 2. The fraction of sp³-hybridized carbons (Fsp3) is 0.250. The van der Waals surface area contributed by atoms with Crippen molar-refractivity contribution in [2.24, 2.45) is 0 Å². The molecule has 11 heteroatoms. The van der Waals surface area contributed by atoms with E-state index >= 15 is 0 Å². The van der Waals surface area contributed by atoms with Crippen molar-refractivity contribution in [3.8, 4) is 11.5 Å².